The number of nitrogens with zero attached hydrogens (tertiary/aromatic N) is 2. The van der Waals surface area contributed by atoms with E-state index in [1.54, 1.807) is 12.1 Å². The zero-order valence-corrected chi connectivity index (χ0v) is 31.4. The van der Waals surface area contributed by atoms with E-state index in [1.165, 1.54) is 26.6 Å². The van der Waals surface area contributed by atoms with Crippen LogP contribution in [0.4, 0.5) is 0 Å². The molecule has 1 aliphatic heterocycles. The lowest BCUT2D eigenvalue weighted by Crippen LogP contribution is -2.40. The van der Waals surface area contributed by atoms with Crippen LogP contribution in [0, 0.1) is 11.1 Å². The summed E-state index contributed by atoms with van der Waals surface area (Å²) in [5.41, 5.74) is 2.49. The molecule has 4 aromatic rings. The number of carbonyl (C=O) groups is 2. The third-order valence-corrected chi connectivity index (χ3v) is 11.1. The van der Waals surface area contributed by atoms with E-state index in [0.29, 0.717) is 50.8 Å². The molecule has 2 aromatic heterocycles. The van der Waals surface area contributed by atoms with Gasteiger partial charge in [-0.1, -0.05) is 59.6 Å². The van der Waals surface area contributed by atoms with E-state index < -0.39 is 17.9 Å². The number of methoxy groups -OCH3 is 2. The van der Waals surface area contributed by atoms with Crippen LogP contribution in [0.1, 0.15) is 75.5 Å². The lowest BCUT2D eigenvalue weighted by Gasteiger charge is -2.34. The van der Waals surface area contributed by atoms with E-state index in [9.17, 15) is 19.9 Å². The molecule has 1 unspecified atom stereocenters. The number of likely N-dealkylation sites (tertiary alicyclic amines) is 1. The fourth-order valence-electron chi connectivity index (χ4n) is 6.48. The number of carboxylic acid groups (broad SMARTS) is 1. The number of pyridine rings is 1. The van der Waals surface area contributed by atoms with E-state index >= 15 is 0 Å². The molecule has 1 fully saturated rings. The Kier molecular flexibility index (Phi) is 13.2. The fraction of sp³-hybridized carbons (Fsp3) is 0.395. The predicted octanol–water partition coefficient (Wildman–Crippen LogP) is 7.27. The average molecular weight is 757 g/mol. The number of rotatable bonds is 15. The molecule has 1 saturated heterocycles. The quantitative estimate of drug-likeness (QED) is 0.0732. The van der Waals surface area contributed by atoms with Crippen molar-refractivity contribution in [3.63, 3.8) is 0 Å². The summed E-state index contributed by atoms with van der Waals surface area (Å²) in [6.45, 7) is 6.92. The van der Waals surface area contributed by atoms with Gasteiger partial charge in [-0.25, -0.2) is 9.59 Å². The maximum atomic E-state index is 13.6. The van der Waals surface area contributed by atoms with E-state index in [1.807, 2.05) is 42.5 Å². The Balaban J connectivity index is 1.43. The molecular weight excluding hydrogens is 713 g/mol. The van der Waals surface area contributed by atoms with Crippen LogP contribution >= 0.6 is 34.5 Å². The molecule has 5 rings (SSSR count). The lowest BCUT2D eigenvalue weighted by molar-refractivity contribution is -0.605. The van der Waals surface area contributed by atoms with E-state index in [-0.39, 0.29) is 33.9 Å². The molecule has 3 heterocycles. The first-order chi connectivity index (χ1) is 24.5. The zero-order valence-electron chi connectivity index (χ0n) is 29.1. The van der Waals surface area contributed by atoms with Crippen LogP contribution in [0.25, 0.3) is 0 Å². The third kappa shape index (κ3) is 9.52. The minimum Gasteiger partial charge on any atom is -0.619 e. The molecular formula is C38H43Cl2N3O7S. The number of esters is 1. The minimum atomic E-state index is -1.10. The van der Waals surface area contributed by atoms with E-state index in [0.717, 1.165) is 48.4 Å². The summed E-state index contributed by atoms with van der Waals surface area (Å²) in [6, 6.07) is 16.3. The van der Waals surface area contributed by atoms with Gasteiger partial charge in [-0.15, -0.1) is 11.3 Å². The number of carbonyl (C=O) groups excluding carboxylic acids is 1. The molecule has 0 radical (unpaired) electrons. The van der Waals surface area contributed by atoms with Crippen molar-refractivity contribution in [2.45, 2.75) is 57.7 Å². The second-order valence-corrected chi connectivity index (χ2v) is 14.8. The molecule has 1 aliphatic rings. The predicted molar refractivity (Wildman–Crippen MR) is 198 cm³/mol. The van der Waals surface area contributed by atoms with Crippen molar-refractivity contribution in [2.75, 3.05) is 33.9 Å². The normalized spacial score (nSPS) is 15.0. The van der Waals surface area contributed by atoms with E-state index in [4.69, 9.17) is 37.4 Å². The number of halogens is 2. The fourth-order valence-corrected chi connectivity index (χ4v) is 8.09. The van der Waals surface area contributed by atoms with Crippen LogP contribution in [-0.4, -0.2) is 61.9 Å². The molecule has 10 nitrogen and oxygen atoms in total. The van der Waals surface area contributed by atoms with Gasteiger partial charge in [0.1, 0.15) is 21.0 Å². The Morgan fingerprint density at radius 1 is 1.00 bits per heavy atom. The van der Waals surface area contributed by atoms with Crippen molar-refractivity contribution in [2.24, 2.45) is 5.92 Å². The highest BCUT2D eigenvalue weighted by atomic mass is 35.5. The standard InChI is InChI=1S/C38H43Cl2N3O7S/c1-23(2)42-14-12-24(13-15-42)22-50-38(46)35(25-8-6-5-7-9-25)41-19-27-17-29(36(51-27)37(44)45)28(18-30-31(39)20-43(47)21-32(30)40)26-10-11-33(48-3)34(16-26)49-4/h5-11,16-17,20-21,23-24,28,35,41H,12-15,18-19,22H2,1-4H3,(H,44,45)/t28-,35?/m0/s1. The molecule has 0 aliphatic carbocycles. The van der Waals surface area contributed by atoms with Gasteiger partial charge < -0.3 is 29.4 Å². The topological polar surface area (TPSA) is 124 Å². The van der Waals surface area contributed by atoms with Gasteiger partial charge in [0, 0.05) is 28.9 Å². The molecule has 0 bridgehead atoms. The number of hydrogen-bond acceptors (Lipinski definition) is 9. The molecule has 0 spiro atoms. The third-order valence-electron chi connectivity index (χ3n) is 9.35. The SMILES string of the molecule is COc1ccc([C@H](Cc2c(Cl)c[n+]([O-])cc2Cl)c2cc(CNC(C(=O)OCC3CCN(C(C)C)CC3)c3ccccc3)sc2C(=O)O)cc1OC. The molecule has 2 aromatic carbocycles. The smallest absolute Gasteiger partial charge is 0.346 e. The number of hydrogen-bond donors (Lipinski definition) is 2. The Morgan fingerprint density at radius 3 is 2.27 bits per heavy atom. The first-order valence-electron chi connectivity index (χ1n) is 16.8. The van der Waals surface area contributed by atoms with Crippen molar-refractivity contribution >= 4 is 46.5 Å². The van der Waals surface area contributed by atoms with Gasteiger partial charge in [0.2, 0.25) is 0 Å². The highest BCUT2D eigenvalue weighted by molar-refractivity contribution is 7.14. The van der Waals surface area contributed by atoms with Gasteiger partial charge in [0.25, 0.3) is 0 Å². The van der Waals surface area contributed by atoms with Crippen LogP contribution in [0.5, 0.6) is 11.5 Å². The molecule has 51 heavy (non-hydrogen) atoms. The summed E-state index contributed by atoms with van der Waals surface area (Å²) < 4.78 is 17.4. The summed E-state index contributed by atoms with van der Waals surface area (Å²) in [7, 11) is 3.06. The highest BCUT2D eigenvalue weighted by Gasteiger charge is 2.30. The lowest BCUT2D eigenvalue weighted by atomic mass is 9.85. The van der Waals surface area contributed by atoms with Gasteiger partial charge in [-0.3, -0.25) is 5.32 Å². The monoisotopic (exact) mass is 755 g/mol. The van der Waals surface area contributed by atoms with Crippen molar-refractivity contribution in [1.82, 2.24) is 10.2 Å². The van der Waals surface area contributed by atoms with Crippen molar-refractivity contribution in [3.05, 3.63) is 114 Å². The Labute approximate surface area is 312 Å². The Hall–Kier alpha value is -3.87. The summed E-state index contributed by atoms with van der Waals surface area (Å²) in [6.07, 6.45) is 4.57. The van der Waals surface area contributed by atoms with Gasteiger partial charge in [-0.2, -0.15) is 4.73 Å². The molecule has 0 saturated carbocycles. The highest BCUT2D eigenvalue weighted by Crippen LogP contribution is 2.41. The summed E-state index contributed by atoms with van der Waals surface area (Å²) >= 11 is 14.2. The largest absolute Gasteiger partial charge is 0.619 e. The number of piperidine rings is 1. The number of thiophene rings is 1. The zero-order chi connectivity index (χ0) is 36.7. The molecule has 0 amide bonds. The number of nitrogens with one attached hydrogen (secondary N) is 1. The van der Waals surface area contributed by atoms with Crippen molar-refractivity contribution < 1.29 is 33.6 Å². The maximum absolute atomic E-state index is 13.6. The summed E-state index contributed by atoms with van der Waals surface area (Å²) in [5, 5.41) is 26.1. The first kappa shape index (κ1) is 38.4. The number of carboxylic acids is 1. The van der Waals surface area contributed by atoms with Gasteiger partial charge in [0.05, 0.1) is 20.8 Å². The minimum absolute atomic E-state index is 0.125. The second-order valence-electron chi connectivity index (χ2n) is 12.9. The number of benzene rings is 2. The van der Waals surface area contributed by atoms with Crippen LogP contribution in [-0.2, 0) is 22.5 Å². The van der Waals surface area contributed by atoms with Crippen LogP contribution in [0.3, 0.4) is 0 Å². The molecule has 272 valence electrons. The maximum Gasteiger partial charge on any atom is 0.346 e. The Morgan fingerprint density at radius 2 is 1.67 bits per heavy atom. The van der Waals surface area contributed by atoms with Crippen LogP contribution < -0.4 is 19.5 Å². The van der Waals surface area contributed by atoms with E-state index in [2.05, 4.69) is 24.1 Å². The first-order valence-corrected chi connectivity index (χ1v) is 18.4. The van der Waals surface area contributed by atoms with Crippen LogP contribution in [0.2, 0.25) is 10.0 Å². The number of aromatic nitrogens is 1. The summed E-state index contributed by atoms with van der Waals surface area (Å²) in [5.74, 6) is -0.762. The van der Waals surface area contributed by atoms with Gasteiger partial charge in [-0.05, 0) is 87.0 Å². The second kappa shape index (κ2) is 17.6. The number of aromatic carboxylic acids is 1. The summed E-state index contributed by atoms with van der Waals surface area (Å²) in [4.78, 5) is 29.6. The van der Waals surface area contributed by atoms with Crippen molar-refractivity contribution in [3.8, 4) is 11.5 Å². The molecule has 2 N–H and O–H groups in total. The van der Waals surface area contributed by atoms with Gasteiger partial charge in [0.15, 0.2) is 23.9 Å². The average Bonchev–Trinajstić information content (AvgIpc) is 3.55. The molecule has 2 atom stereocenters. The Bertz CT molecular complexity index is 1790. The van der Waals surface area contributed by atoms with Crippen LogP contribution in [0.15, 0.2) is 67.0 Å². The molecule has 13 heteroatoms. The van der Waals surface area contributed by atoms with Gasteiger partial charge >= 0.3 is 11.9 Å². The number of ether oxygens (including phenoxy) is 3. The van der Waals surface area contributed by atoms with Crippen molar-refractivity contribution in [1.29, 1.82) is 0 Å².